The molecule has 1 rings (SSSR count). The van der Waals surface area contributed by atoms with Crippen LogP contribution in [-0.2, 0) is 9.59 Å². The van der Waals surface area contributed by atoms with Crippen LogP contribution in [0.3, 0.4) is 0 Å². The van der Waals surface area contributed by atoms with Crippen molar-refractivity contribution in [2.75, 3.05) is 11.9 Å². The first-order valence-electron chi connectivity index (χ1n) is 5.40. The van der Waals surface area contributed by atoms with Crippen LogP contribution in [0.15, 0.2) is 36.3 Å². The number of hydrogen-bond acceptors (Lipinski definition) is 5. The summed E-state index contributed by atoms with van der Waals surface area (Å²) >= 11 is 0. The molecule has 0 aliphatic rings. The van der Waals surface area contributed by atoms with Gasteiger partial charge in [-0.25, -0.2) is 0 Å². The number of carboxylic acids is 1. The van der Waals surface area contributed by atoms with Crippen LogP contribution in [0, 0.1) is 11.3 Å². The van der Waals surface area contributed by atoms with Crippen molar-refractivity contribution in [2.45, 2.75) is 6.42 Å². The molecular weight excluding hydrogens is 248 g/mol. The zero-order valence-electron chi connectivity index (χ0n) is 9.96. The summed E-state index contributed by atoms with van der Waals surface area (Å²) in [6, 6.07) is 5.16. The van der Waals surface area contributed by atoms with E-state index >= 15 is 0 Å². The summed E-state index contributed by atoms with van der Waals surface area (Å²) in [5.74, 6) is -1.64. The van der Waals surface area contributed by atoms with E-state index in [1.165, 1.54) is 12.4 Å². The number of carboxylic acid groups (broad SMARTS) is 1. The monoisotopic (exact) mass is 260 g/mol. The van der Waals surface area contributed by atoms with Gasteiger partial charge in [0.1, 0.15) is 11.6 Å². The summed E-state index contributed by atoms with van der Waals surface area (Å²) in [6.45, 7) is -0.0277. The van der Waals surface area contributed by atoms with Gasteiger partial charge in [0.15, 0.2) is 0 Å². The van der Waals surface area contributed by atoms with Gasteiger partial charge >= 0.3 is 5.97 Å². The minimum atomic E-state index is -1.02. The fraction of sp³-hybridized carbons (Fsp3) is 0.167. The molecule has 0 aliphatic carbocycles. The maximum Gasteiger partial charge on any atom is 0.305 e. The van der Waals surface area contributed by atoms with Gasteiger partial charge in [-0.15, -0.1) is 0 Å². The Morgan fingerprint density at radius 1 is 1.53 bits per heavy atom. The average molecular weight is 260 g/mol. The molecule has 3 N–H and O–H groups in total. The highest BCUT2D eigenvalue weighted by Gasteiger charge is 2.08. The molecule has 7 heteroatoms. The Morgan fingerprint density at radius 3 is 2.89 bits per heavy atom. The number of rotatable bonds is 6. The molecular formula is C12H12N4O3. The van der Waals surface area contributed by atoms with Crippen molar-refractivity contribution in [1.82, 2.24) is 10.3 Å². The molecule has 1 aromatic rings. The highest BCUT2D eigenvalue weighted by molar-refractivity contribution is 5.97. The number of pyridine rings is 1. The Morgan fingerprint density at radius 2 is 2.32 bits per heavy atom. The SMILES string of the molecule is N#C/C(=C/Nc1cccnc1)C(=O)NCCC(=O)O. The summed E-state index contributed by atoms with van der Waals surface area (Å²) in [7, 11) is 0. The summed E-state index contributed by atoms with van der Waals surface area (Å²) in [4.78, 5) is 25.7. The van der Waals surface area contributed by atoms with Crippen molar-refractivity contribution in [3.63, 3.8) is 0 Å². The average Bonchev–Trinajstić information content (AvgIpc) is 2.40. The number of amides is 1. The lowest BCUT2D eigenvalue weighted by molar-refractivity contribution is -0.136. The Balaban J connectivity index is 2.55. The standard InChI is InChI=1S/C12H12N4O3/c13-6-9(12(19)15-5-3-11(17)18)7-16-10-2-1-4-14-8-10/h1-2,4,7-8,16H,3,5H2,(H,15,19)(H,17,18)/b9-7-. The van der Waals surface area contributed by atoms with Crippen LogP contribution in [-0.4, -0.2) is 28.5 Å². The second kappa shape index (κ2) is 7.45. The zero-order valence-corrected chi connectivity index (χ0v) is 9.96. The fourth-order valence-electron chi connectivity index (χ4n) is 1.13. The first-order chi connectivity index (χ1) is 9.13. The van der Waals surface area contributed by atoms with Crippen molar-refractivity contribution >= 4 is 17.6 Å². The summed E-state index contributed by atoms with van der Waals surface area (Å²) in [6.07, 6.45) is 4.18. The number of aliphatic carboxylic acids is 1. The number of nitriles is 1. The number of carbonyl (C=O) groups is 2. The van der Waals surface area contributed by atoms with E-state index in [-0.39, 0.29) is 18.5 Å². The molecule has 0 aromatic carbocycles. The number of aromatic nitrogens is 1. The van der Waals surface area contributed by atoms with Crippen LogP contribution in [0.4, 0.5) is 5.69 Å². The molecule has 0 saturated carbocycles. The highest BCUT2D eigenvalue weighted by Crippen LogP contribution is 2.03. The van der Waals surface area contributed by atoms with E-state index in [1.807, 2.05) is 0 Å². The van der Waals surface area contributed by atoms with Crippen molar-refractivity contribution in [3.8, 4) is 6.07 Å². The Kier molecular flexibility index (Phi) is 5.56. The first kappa shape index (κ1) is 14.2. The predicted molar refractivity (Wildman–Crippen MR) is 66.8 cm³/mol. The van der Waals surface area contributed by atoms with Crippen LogP contribution < -0.4 is 10.6 Å². The summed E-state index contributed by atoms with van der Waals surface area (Å²) in [5.41, 5.74) is 0.489. The predicted octanol–water partition coefficient (Wildman–Crippen LogP) is 0.492. The van der Waals surface area contributed by atoms with Crippen LogP contribution in [0.2, 0.25) is 0 Å². The largest absolute Gasteiger partial charge is 0.481 e. The third-order valence-corrected chi connectivity index (χ3v) is 2.03. The topological polar surface area (TPSA) is 115 Å². The molecule has 0 unspecified atom stereocenters. The van der Waals surface area contributed by atoms with E-state index in [2.05, 4.69) is 15.6 Å². The number of nitrogens with one attached hydrogen (secondary N) is 2. The smallest absolute Gasteiger partial charge is 0.305 e. The molecule has 0 radical (unpaired) electrons. The van der Waals surface area contributed by atoms with Gasteiger partial charge in [0.05, 0.1) is 18.3 Å². The third kappa shape index (κ3) is 5.32. The van der Waals surface area contributed by atoms with Gasteiger partial charge < -0.3 is 15.7 Å². The number of carbonyl (C=O) groups excluding carboxylic acids is 1. The van der Waals surface area contributed by atoms with Crippen molar-refractivity contribution in [3.05, 3.63) is 36.3 Å². The Bertz CT molecular complexity index is 520. The zero-order chi connectivity index (χ0) is 14.1. The van der Waals surface area contributed by atoms with E-state index in [0.29, 0.717) is 5.69 Å². The van der Waals surface area contributed by atoms with E-state index < -0.39 is 11.9 Å². The van der Waals surface area contributed by atoms with E-state index in [0.717, 1.165) is 0 Å². The van der Waals surface area contributed by atoms with E-state index in [9.17, 15) is 9.59 Å². The van der Waals surface area contributed by atoms with Gasteiger partial charge in [-0.3, -0.25) is 14.6 Å². The van der Waals surface area contributed by atoms with Gasteiger partial charge in [0.25, 0.3) is 5.91 Å². The second-order valence-corrected chi connectivity index (χ2v) is 3.46. The molecule has 0 fully saturated rings. The van der Waals surface area contributed by atoms with Gasteiger partial charge in [-0.2, -0.15) is 5.26 Å². The summed E-state index contributed by atoms with van der Waals surface area (Å²) in [5, 5.41) is 22.3. The quantitative estimate of drug-likeness (QED) is 0.506. The third-order valence-electron chi connectivity index (χ3n) is 2.03. The summed E-state index contributed by atoms with van der Waals surface area (Å²) < 4.78 is 0. The first-order valence-corrected chi connectivity index (χ1v) is 5.40. The van der Waals surface area contributed by atoms with E-state index in [4.69, 9.17) is 10.4 Å². The minimum Gasteiger partial charge on any atom is -0.481 e. The Hall–Kier alpha value is -2.88. The number of anilines is 1. The molecule has 98 valence electrons. The lowest BCUT2D eigenvalue weighted by Gasteiger charge is -2.03. The van der Waals surface area contributed by atoms with Crippen molar-refractivity contribution in [2.24, 2.45) is 0 Å². The van der Waals surface area contributed by atoms with Gasteiger partial charge in [0, 0.05) is 18.9 Å². The molecule has 7 nitrogen and oxygen atoms in total. The normalized spacial score (nSPS) is 10.4. The molecule has 0 spiro atoms. The molecule has 0 bridgehead atoms. The van der Waals surface area contributed by atoms with Crippen LogP contribution in [0.1, 0.15) is 6.42 Å². The molecule has 1 amide bonds. The minimum absolute atomic E-state index is 0.0277. The molecule has 19 heavy (non-hydrogen) atoms. The second-order valence-electron chi connectivity index (χ2n) is 3.46. The lowest BCUT2D eigenvalue weighted by Crippen LogP contribution is -2.27. The Labute approximate surface area is 109 Å². The van der Waals surface area contributed by atoms with Gasteiger partial charge in [0.2, 0.25) is 0 Å². The van der Waals surface area contributed by atoms with E-state index in [1.54, 1.807) is 24.4 Å². The fourth-order valence-corrected chi connectivity index (χ4v) is 1.13. The van der Waals surface area contributed by atoms with Crippen LogP contribution in [0.5, 0.6) is 0 Å². The number of hydrogen-bond donors (Lipinski definition) is 3. The molecule has 0 atom stereocenters. The van der Waals surface area contributed by atoms with Crippen molar-refractivity contribution in [1.29, 1.82) is 5.26 Å². The van der Waals surface area contributed by atoms with Crippen molar-refractivity contribution < 1.29 is 14.7 Å². The van der Waals surface area contributed by atoms with Crippen LogP contribution in [0.25, 0.3) is 0 Å². The molecule has 1 heterocycles. The lowest BCUT2D eigenvalue weighted by atomic mass is 10.3. The molecule has 1 aromatic heterocycles. The number of nitrogens with zero attached hydrogens (tertiary/aromatic N) is 2. The van der Waals surface area contributed by atoms with Gasteiger partial charge in [-0.05, 0) is 12.1 Å². The maximum absolute atomic E-state index is 11.5. The maximum atomic E-state index is 11.5. The molecule has 0 saturated heterocycles. The van der Waals surface area contributed by atoms with Gasteiger partial charge in [-0.1, -0.05) is 0 Å². The highest BCUT2D eigenvalue weighted by atomic mass is 16.4. The van der Waals surface area contributed by atoms with Crippen LogP contribution >= 0.6 is 0 Å². The molecule has 0 aliphatic heterocycles.